The molecule has 0 fully saturated rings. The summed E-state index contributed by atoms with van der Waals surface area (Å²) in [6.07, 6.45) is 1.58. The van der Waals surface area contributed by atoms with Crippen LogP contribution >= 0.6 is 0 Å². The van der Waals surface area contributed by atoms with Crippen molar-refractivity contribution in [2.45, 2.75) is 13.8 Å². The molecule has 0 saturated carbocycles. The fourth-order valence-corrected chi connectivity index (χ4v) is 1.34. The predicted octanol–water partition coefficient (Wildman–Crippen LogP) is 1.83. The van der Waals surface area contributed by atoms with Gasteiger partial charge in [0.15, 0.2) is 0 Å². The Bertz CT molecular complexity index is 463. The van der Waals surface area contributed by atoms with Gasteiger partial charge in [-0.3, -0.25) is 0 Å². The Hall–Kier alpha value is -1.64. The van der Waals surface area contributed by atoms with Crippen molar-refractivity contribution in [1.29, 1.82) is 0 Å². The molecule has 2 aromatic rings. The van der Waals surface area contributed by atoms with Gasteiger partial charge in [0.05, 0.1) is 17.4 Å². The Morgan fingerprint density at radius 1 is 1.15 bits per heavy atom. The van der Waals surface area contributed by atoms with Crippen molar-refractivity contribution in [3.8, 4) is 0 Å². The molecule has 3 heteroatoms. The summed E-state index contributed by atoms with van der Waals surface area (Å²) in [5, 5.41) is 8.81. The van der Waals surface area contributed by atoms with Gasteiger partial charge < -0.3 is 5.73 Å². The molecule has 2 rings (SSSR count). The minimum Gasteiger partial charge on any atom is -0.397 e. The third-order valence-electron chi connectivity index (χ3n) is 2.29. The summed E-state index contributed by atoms with van der Waals surface area (Å²) in [5.74, 6) is 0. The maximum Gasteiger partial charge on any atom is 0.0953 e. The Morgan fingerprint density at radius 2 is 1.85 bits per heavy atom. The molecule has 0 aliphatic rings. The first-order chi connectivity index (χ1) is 6.18. The van der Waals surface area contributed by atoms with E-state index in [2.05, 4.69) is 30.1 Å². The number of rotatable bonds is 0. The average Bonchev–Trinajstić information content (AvgIpc) is 2.09. The van der Waals surface area contributed by atoms with Crippen molar-refractivity contribution in [1.82, 2.24) is 10.2 Å². The van der Waals surface area contributed by atoms with Gasteiger partial charge in [-0.15, -0.1) is 0 Å². The molecule has 0 unspecified atom stereocenters. The predicted molar refractivity (Wildman–Crippen MR) is 53.4 cm³/mol. The maximum absolute atomic E-state index is 5.77. The first kappa shape index (κ1) is 7.98. The van der Waals surface area contributed by atoms with E-state index in [1.807, 2.05) is 6.07 Å². The van der Waals surface area contributed by atoms with Gasteiger partial charge in [-0.2, -0.15) is 10.2 Å². The molecule has 1 aromatic heterocycles. The van der Waals surface area contributed by atoms with E-state index in [-0.39, 0.29) is 0 Å². The summed E-state index contributed by atoms with van der Waals surface area (Å²) in [6, 6.07) is 4.06. The normalized spacial score (nSPS) is 10.6. The standard InChI is InChI=1S/C10H11N3/c1-6-3-8-9(11)5-12-13-10(8)4-7(6)2/h3-5H,1-2H3,(H2,11,13). The zero-order chi connectivity index (χ0) is 9.42. The average molecular weight is 173 g/mol. The molecule has 0 saturated heterocycles. The quantitative estimate of drug-likeness (QED) is 0.661. The molecule has 0 radical (unpaired) electrons. The van der Waals surface area contributed by atoms with Gasteiger partial charge in [-0.05, 0) is 37.1 Å². The molecule has 66 valence electrons. The van der Waals surface area contributed by atoms with Crippen LogP contribution in [-0.2, 0) is 0 Å². The number of hydrogen-bond acceptors (Lipinski definition) is 3. The van der Waals surface area contributed by atoms with Crippen molar-refractivity contribution in [3.05, 3.63) is 29.5 Å². The number of nitrogens with zero attached hydrogens (tertiary/aromatic N) is 2. The highest BCUT2D eigenvalue weighted by molar-refractivity contribution is 5.90. The lowest BCUT2D eigenvalue weighted by Crippen LogP contribution is -1.93. The molecule has 0 atom stereocenters. The van der Waals surface area contributed by atoms with Crippen LogP contribution in [0.1, 0.15) is 11.1 Å². The van der Waals surface area contributed by atoms with Crippen LogP contribution in [0.15, 0.2) is 18.3 Å². The lowest BCUT2D eigenvalue weighted by atomic mass is 10.1. The fraction of sp³-hybridized carbons (Fsp3) is 0.200. The number of aryl methyl sites for hydroxylation is 2. The second-order valence-corrected chi connectivity index (χ2v) is 3.25. The van der Waals surface area contributed by atoms with E-state index in [0.29, 0.717) is 5.69 Å². The lowest BCUT2D eigenvalue weighted by molar-refractivity contribution is 1.08. The molecule has 0 aliphatic heterocycles. The van der Waals surface area contributed by atoms with Crippen molar-refractivity contribution < 1.29 is 0 Å². The molecule has 0 spiro atoms. The molecule has 0 bridgehead atoms. The van der Waals surface area contributed by atoms with E-state index < -0.39 is 0 Å². The summed E-state index contributed by atoms with van der Waals surface area (Å²) >= 11 is 0. The van der Waals surface area contributed by atoms with Crippen LogP contribution in [-0.4, -0.2) is 10.2 Å². The van der Waals surface area contributed by atoms with Gasteiger partial charge in [0.2, 0.25) is 0 Å². The van der Waals surface area contributed by atoms with Gasteiger partial charge in [0.25, 0.3) is 0 Å². The first-order valence-corrected chi connectivity index (χ1v) is 4.16. The van der Waals surface area contributed by atoms with Crippen molar-refractivity contribution in [2.24, 2.45) is 0 Å². The van der Waals surface area contributed by atoms with E-state index in [1.165, 1.54) is 11.1 Å². The number of aromatic nitrogens is 2. The van der Waals surface area contributed by atoms with Crippen molar-refractivity contribution >= 4 is 16.6 Å². The van der Waals surface area contributed by atoms with Crippen LogP contribution in [0.25, 0.3) is 10.9 Å². The molecule has 2 N–H and O–H groups in total. The highest BCUT2D eigenvalue weighted by Gasteiger charge is 2.01. The Balaban J connectivity index is 2.89. The van der Waals surface area contributed by atoms with Gasteiger partial charge in [0.1, 0.15) is 0 Å². The number of nitrogens with two attached hydrogens (primary N) is 1. The number of anilines is 1. The van der Waals surface area contributed by atoms with Crippen LogP contribution in [0.5, 0.6) is 0 Å². The van der Waals surface area contributed by atoms with Crippen LogP contribution in [0.3, 0.4) is 0 Å². The Labute approximate surface area is 76.6 Å². The van der Waals surface area contributed by atoms with E-state index in [9.17, 15) is 0 Å². The molecule has 1 aromatic carbocycles. The lowest BCUT2D eigenvalue weighted by Gasteiger charge is -2.03. The number of fused-ring (bicyclic) bond motifs is 1. The zero-order valence-electron chi connectivity index (χ0n) is 7.70. The zero-order valence-corrected chi connectivity index (χ0v) is 7.70. The second kappa shape index (κ2) is 2.69. The Morgan fingerprint density at radius 3 is 2.62 bits per heavy atom. The molecule has 3 nitrogen and oxygen atoms in total. The Kier molecular flexibility index (Phi) is 1.65. The summed E-state index contributed by atoms with van der Waals surface area (Å²) in [6.45, 7) is 4.12. The summed E-state index contributed by atoms with van der Waals surface area (Å²) in [4.78, 5) is 0. The SMILES string of the molecule is Cc1cc2nncc(N)c2cc1C. The fourth-order valence-electron chi connectivity index (χ4n) is 1.34. The number of nitrogen functional groups attached to an aromatic ring is 1. The minimum absolute atomic E-state index is 0.688. The van der Waals surface area contributed by atoms with Gasteiger partial charge in [-0.1, -0.05) is 0 Å². The summed E-state index contributed by atoms with van der Waals surface area (Å²) < 4.78 is 0. The summed E-state index contributed by atoms with van der Waals surface area (Å²) in [7, 11) is 0. The second-order valence-electron chi connectivity index (χ2n) is 3.25. The van der Waals surface area contributed by atoms with Crippen LogP contribution < -0.4 is 5.73 Å². The van der Waals surface area contributed by atoms with Gasteiger partial charge in [-0.25, -0.2) is 0 Å². The molecular weight excluding hydrogens is 162 g/mol. The molecule has 0 amide bonds. The topological polar surface area (TPSA) is 51.8 Å². The van der Waals surface area contributed by atoms with E-state index in [4.69, 9.17) is 5.73 Å². The van der Waals surface area contributed by atoms with E-state index in [1.54, 1.807) is 6.20 Å². The van der Waals surface area contributed by atoms with Crippen LogP contribution in [0.4, 0.5) is 5.69 Å². The van der Waals surface area contributed by atoms with Gasteiger partial charge in [0, 0.05) is 5.39 Å². The molecule has 1 heterocycles. The van der Waals surface area contributed by atoms with Crippen molar-refractivity contribution in [2.75, 3.05) is 5.73 Å². The summed E-state index contributed by atoms with van der Waals surface area (Å²) in [5.41, 5.74) is 9.77. The smallest absolute Gasteiger partial charge is 0.0953 e. The largest absolute Gasteiger partial charge is 0.397 e. The minimum atomic E-state index is 0.688. The first-order valence-electron chi connectivity index (χ1n) is 4.16. The third kappa shape index (κ3) is 1.22. The number of benzene rings is 1. The molecule has 0 aliphatic carbocycles. The van der Waals surface area contributed by atoms with E-state index >= 15 is 0 Å². The van der Waals surface area contributed by atoms with E-state index in [0.717, 1.165) is 10.9 Å². The number of hydrogen-bond donors (Lipinski definition) is 1. The molecular formula is C10H11N3. The van der Waals surface area contributed by atoms with Crippen LogP contribution in [0.2, 0.25) is 0 Å². The monoisotopic (exact) mass is 173 g/mol. The highest BCUT2D eigenvalue weighted by atomic mass is 15.1. The van der Waals surface area contributed by atoms with Crippen LogP contribution in [0, 0.1) is 13.8 Å². The van der Waals surface area contributed by atoms with Gasteiger partial charge >= 0.3 is 0 Å². The van der Waals surface area contributed by atoms with Crippen molar-refractivity contribution in [3.63, 3.8) is 0 Å². The molecule has 13 heavy (non-hydrogen) atoms. The third-order valence-corrected chi connectivity index (χ3v) is 2.29. The maximum atomic E-state index is 5.77. The highest BCUT2D eigenvalue weighted by Crippen LogP contribution is 2.21.